The highest BCUT2D eigenvalue weighted by molar-refractivity contribution is 5.71. The number of carbonyl (C=O) groups excluding carboxylic acids is 1. The summed E-state index contributed by atoms with van der Waals surface area (Å²) in [5.41, 5.74) is 1.01. The number of hydrogen-bond acceptors (Lipinski definition) is 3. The molecule has 0 N–H and O–H groups in total. The molecular weight excluding hydrogens is 288 g/mol. The second kappa shape index (κ2) is 8.06. The number of hydrogen-bond donors (Lipinski definition) is 0. The van der Waals surface area contributed by atoms with Crippen molar-refractivity contribution in [2.75, 3.05) is 20.1 Å². The van der Waals surface area contributed by atoms with E-state index in [0.29, 0.717) is 19.1 Å². The van der Waals surface area contributed by atoms with Crippen molar-refractivity contribution in [2.24, 2.45) is 5.92 Å². The van der Waals surface area contributed by atoms with Crippen molar-refractivity contribution in [3.05, 3.63) is 48.0 Å². The number of likely N-dealkylation sites (N-methyl/N-ethyl adjacent to an activating group) is 1. The first-order valence-electron chi connectivity index (χ1n) is 8.12. The van der Waals surface area contributed by atoms with Crippen molar-refractivity contribution in [1.29, 1.82) is 0 Å². The van der Waals surface area contributed by atoms with E-state index < -0.39 is 0 Å². The van der Waals surface area contributed by atoms with Crippen LogP contribution in [-0.2, 0) is 16.1 Å². The molecule has 0 bridgehead atoms. The molecule has 0 radical (unpaired) electrons. The molecular formula is C19H27N2O2+. The first-order chi connectivity index (χ1) is 11.0. The van der Waals surface area contributed by atoms with Crippen LogP contribution in [0.15, 0.2) is 42.5 Å². The van der Waals surface area contributed by atoms with Crippen molar-refractivity contribution in [3.63, 3.8) is 0 Å². The topological polar surface area (TPSA) is 32.5 Å². The predicted molar refractivity (Wildman–Crippen MR) is 92.7 cm³/mol. The van der Waals surface area contributed by atoms with Gasteiger partial charge in [0.1, 0.15) is 20.4 Å². The molecule has 0 amide bonds. The van der Waals surface area contributed by atoms with Crippen LogP contribution in [0.4, 0.5) is 0 Å². The lowest BCUT2D eigenvalue weighted by Crippen LogP contribution is -2.44. The number of rotatable bonds is 5. The number of carbonyl (C=O) groups is 1. The third-order valence-corrected chi connectivity index (χ3v) is 4.44. The zero-order valence-electron chi connectivity index (χ0n) is 14.3. The van der Waals surface area contributed by atoms with Crippen molar-refractivity contribution in [3.8, 4) is 0 Å². The Morgan fingerprint density at radius 3 is 2.65 bits per heavy atom. The van der Waals surface area contributed by atoms with E-state index in [1.165, 1.54) is 0 Å². The maximum absolute atomic E-state index is 12.2. The maximum atomic E-state index is 12.2. The molecule has 0 aliphatic carbocycles. The van der Waals surface area contributed by atoms with E-state index in [-0.39, 0.29) is 18.1 Å². The summed E-state index contributed by atoms with van der Waals surface area (Å²) < 4.78 is 7.39. The van der Waals surface area contributed by atoms with Crippen LogP contribution < -0.4 is 0 Å². The Labute approximate surface area is 139 Å². The largest absolute Gasteiger partial charge is 0.460 e. The summed E-state index contributed by atoms with van der Waals surface area (Å²) in [6.07, 6.45) is 4.38. The normalized spacial score (nSPS) is 24.9. The van der Waals surface area contributed by atoms with Gasteiger partial charge >= 0.3 is 5.97 Å². The van der Waals surface area contributed by atoms with E-state index in [2.05, 4.69) is 37.6 Å². The van der Waals surface area contributed by atoms with Crippen LogP contribution in [0.25, 0.3) is 0 Å². The SMILES string of the molecule is C=[N+](C)[C@@H]1CN(CC(=O)OCc2ccccc2)[C@@H](C)C=C[C@H]1C. The van der Waals surface area contributed by atoms with Gasteiger partial charge in [-0.3, -0.25) is 9.69 Å². The highest BCUT2D eigenvalue weighted by Crippen LogP contribution is 2.17. The van der Waals surface area contributed by atoms with Crippen molar-refractivity contribution < 1.29 is 14.1 Å². The summed E-state index contributed by atoms with van der Waals surface area (Å²) in [7, 11) is 1.98. The van der Waals surface area contributed by atoms with Crippen molar-refractivity contribution in [2.45, 2.75) is 32.5 Å². The minimum absolute atomic E-state index is 0.186. The standard InChI is InChI=1S/C19H27N2O2/c1-15-10-11-16(2)21(12-18(15)20(3)4)13-19(22)23-14-17-8-6-5-7-9-17/h5-11,15-16,18H,3,12-14H2,1-2,4H3/q+1/t15-,16+,18-/m1/s1. The van der Waals surface area contributed by atoms with Crippen LogP contribution in [0.5, 0.6) is 0 Å². The Kier molecular flexibility index (Phi) is 6.11. The van der Waals surface area contributed by atoms with Crippen molar-refractivity contribution in [1.82, 2.24) is 4.90 Å². The zero-order valence-corrected chi connectivity index (χ0v) is 14.3. The maximum Gasteiger partial charge on any atom is 0.320 e. The number of esters is 1. The number of nitrogens with zero attached hydrogens (tertiary/aromatic N) is 2. The average Bonchev–Trinajstić information content (AvgIpc) is 2.67. The van der Waals surface area contributed by atoms with Gasteiger partial charge in [-0.1, -0.05) is 49.4 Å². The summed E-state index contributed by atoms with van der Waals surface area (Å²) >= 11 is 0. The summed E-state index contributed by atoms with van der Waals surface area (Å²) in [5.74, 6) is 0.222. The van der Waals surface area contributed by atoms with Gasteiger partial charge in [0.2, 0.25) is 0 Å². The highest BCUT2D eigenvalue weighted by Gasteiger charge is 2.30. The first-order valence-corrected chi connectivity index (χ1v) is 8.12. The second-order valence-electron chi connectivity index (χ2n) is 6.38. The highest BCUT2D eigenvalue weighted by atomic mass is 16.5. The van der Waals surface area contributed by atoms with Crippen LogP contribution in [0.3, 0.4) is 0 Å². The first kappa shape index (κ1) is 17.4. The monoisotopic (exact) mass is 315 g/mol. The lowest BCUT2D eigenvalue weighted by atomic mass is 10.0. The van der Waals surface area contributed by atoms with Gasteiger partial charge in [0, 0.05) is 12.0 Å². The lowest BCUT2D eigenvalue weighted by Gasteiger charge is -2.27. The van der Waals surface area contributed by atoms with Crippen LogP contribution in [0.2, 0.25) is 0 Å². The molecule has 1 aliphatic rings. The molecule has 3 atom stereocenters. The third-order valence-electron chi connectivity index (χ3n) is 4.44. The lowest BCUT2D eigenvalue weighted by molar-refractivity contribution is -0.536. The van der Waals surface area contributed by atoms with Crippen LogP contribution in [0.1, 0.15) is 19.4 Å². The Balaban J connectivity index is 1.93. The molecule has 4 heteroatoms. The minimum atomic E-state index is -0.186. The van der Waals surface area contributed by atoms with E-state index in [4.69, 9.17) is 4.74 Å². The Hall–Kier alpha value is -1.94. The summed E-state index contributed by atoms with van der Waals surface area (Å²) in [5, 5.41) is 0. The Bertz CT molecular complexity index is 568. The molecule has 0 fully saturated rings. The molecule has 0 aromatic heterocycles. The molecule has 1 aromatic rings. The summed E-state index contributed by atoms with van der Waals surface area (Å²) in [4.78, 5) is 14.3. The van der Waals surface area contributed by atoms with E-state index in [1.807, 2.05) is 42.0 Å². The van der Waals surface area contributed by atoms with Gasteiger partial charge in [0.15, 0.2) is 6.04 Å². The molecule has 1 heterocycles. The fourth-order valence-corrected chi connectivity index (χ4v) is 2.86. The van der Waals surface area contributed by atoms with Gasteiger partial charge in [-0.05, 0) is 12.5 Å². The van der Waals surface area contributed by atoms with E-state index in [9.17, 15) is 4.79 Å². The van der Waals surface area contributed by atoms with Gasteiger partial charge < -0.3 is 4.74 Å². The van der Waals surface area contributed by atoms with Gasteiger partial charge in [-0.2, -0.15) is 0 Å². The molecule has 1 aromatic carbocycles. The molecule has 23 heavy (non-hydrogen) atoms. The molecule has 4 nitrogen and oxygen atoms in total. The average molecular weight is 315 g/mol. The molecule has 2 rings (SSSR count). The van der Waals surface area contributed by atoms with Crippen molar-refractivity contribution >= 4 is 12.7 Å². The van der Waals surface area contributed by atoms with E-state index >= 15 is 0 Å². The Morgan fingerprint density at radius 1 is 1.30 bits per heavy atom. The molecule has 124 valence electrons. The minimum Gasteiger partial charge on any atom is -0.460 e. The van der Waals surface area contributed by atoms with Gasteiger partial charge in [-0.15, -0.1) is 0 Å². The second-order valence-corrected chi connectivity index (χ2v) is 6.38. The van der Waals surface area contributed by atoms with Crippen LogP contribution >= 0.6 is 0 Å². The summed E-state index contributed by atoms with van der Waals surface area (Å²) in [6, 6.07) is 10.3. The zero-order chi connectivity index (χ0) is 16.8. The van der Waals surface area contributed by atoms with Gasteiger partial charge in [0.05, 0.1) is 13.1 Å². The number of benzene rings is 1. The van der Waals surface area contributed by atoms with Gasteiger partial charge in [-0.25, -0.2) is 4.58 Å². The molecule has 0 saturated heterocycles. The smallest absolute Gasteiger partial charge is 0.320 e. The molecule has 0 spiro atoms. The summed E-state index contributed by atoms with van der Waals surface area (Å²) in [6.45, 7) is 9.75. The van der Waals surface area contributed by atoms with Crippen LogP contribution in [0, 0.1) is 5.92 Å². The quantitative estimate of drug-likeness (QED) is 0.362. The Morgan fingerprint density at radius 2 is 2.00 bits per heavy atom. The molecule has 1 aliphatic heterocycles. The third kappa shape index (κ3) is 5.03. The fourth-order valence-electron chi connectivity index (χ4n) is 2.86. The van der Waals surface area contributed by atoms with E-state index in [0.717, 1.165) is 12.1 Å². The number of ether oxygens (including phenoxy) is 1. The van der Waals surface area contributed by atoms with Crippen LogP contribution in [-0.4, -0.2) is 54.4 Å². The van der Waals surface area contributed by atoms with E-state index in [1.54, 1.807) is 0 Å². The fraction of sp³-hybridized carbons (Fsp3) is 0.474. The molecule has 0 saturated carbocycles. The van der Waals surface area contributed by atoms with Gasteiger partial charge in [0.25, 0.3) is 0 Å². The predicted octanol–water partition coefficient (Wildman–Crippen LogP) is 2.34. The molecule has 0 unspecified atom stereocenters.